The van der Waals surface area contributed by atoms with E-state index in [9.17, 15) is 5.11 Å². The number of rotatable bonds is 2. The second-order valence-electron chi connectivity index (χ2n) is 4.13. The molecule has 1 heterocycles. The minimum Gasteiger partial charge on any atom is -0.438 e. The summed E-state index contributed by atoms with van der Waals surface area (Å²) in [6.07, 6.45) is 1.68. The maximum atomic E-state index is 10.4. The van der Waals surface area contributed by atoms with E-state index in [4.69, 9.17) is 4.74 Å². The zero-order valence-electron chi connectivity index (χ0n) is 9.71. The van der Waals surface area contributed by atoms with Crippen LogP contribution in [0.1, 0.15) is 11.1 Å². The van der Waals surface area contributed by atoms with Crippen LogP contribution >= 0.6 is 0 Å². The predicted molar refractivity (Wildman–Crippen MR) is 69.0 cm³/mol. The summed E-state index contributed by atoms with van der Waals surface area (Å²) in [7, 11) is 0. The zero-order chi connectivity index (χ0) is 12.4. The molecule has 3 rings (SSSR count). The van der Waals surface area contributed by atoms with Crippen LogP contribution in [0, 0.1) is 0 Å². The van der Waals surface area contributed by atoms with Crippen LogP contribution in [-0.4, -0.2) is 5.11 Å². The van der Waals surface area contributed by atoms with E-state index in [0.717, 1.165) is 5.56 Å². The molecule has 3 heteroatoms. The molecule has 1 aliphatic rings. The molecule has 0 saturated carbocycles. The van der Waals surface area contributed by atoms with Crippen molar-refractivity contribution in [3.8, 4) is 0 Å². The Labute approximate surface area is 105 Å². The molecule has 0 amide bonds. The third-order valence-electron chi connectivity index (χ3n) is 2.88. The molecule has 3 nitrogen and oxygen atoms in total. The fraction of sp³-hybridized carbons (Fsp3) is 0.0667. The van der Waals surface area contributed by atoms with E-state index >= 15 is 0 Å². The first kappa shape index (κ1) is 10.9. The van der Waals surface area contributed by atoms with Crippen LogP contribution in [0.15, 0.2) is 66.9 Å². The van der Waals surface area contributed by atoms with Crippen LogP contribution in [-0.2, 0) is 10.6 Å². The fourth-order valence-corrected chi connectivity index (χ4v) is 1.93. The molecular weight excluding hydrogens is 226 g/mol. The van der Waals surface area contributed by atoms with Crippen molar-refractivity contribution in [2.75, 3.05) is 0 Å². The summed E-state index contributed by atoms with van der Waals surface area (Å²) >= 11 is 0. The van der Waals surface area contributed by atoms with E-state index in [1.54, 1.807) is 6.20 Å². The quantitative estimate of drug-likeness (QED) is 0.845. The Morgan fingerprint density at radius 1 is 0.889 bits per heavy atom. The van der Waals surface area contributed by atoms with Crippen LogP contribution in [0.4, 0.5) is 0 Å². The van der Waals surface area contributed by atoms with Crippen LogP contribution in [0.25, 0.3) is 5.76 Å². The van der Waals surface area contributed by atoms with E-state index < -0.39 is 5.91 Å². The first-order valence-electron chi connectivity index (χ1n) is 5.78. The lowest BCUT2D eigenvalue weighted by Gasteiger charge is -2.23. The highest BCUT2D eigenvalue weighted by Crippen LogP contribution is 2.31. The second-order valence-corrected chi connectivity index (χ2v) is 4.13. The Kier molecular flexibility index (Phi) is 2.54. The molecule has 0 saturated heterocycles. The van der Waals surface area contributed by atoms with Gasteiger partial charge >= 0.3 is 5.91 Å². The Hall–Kier alpha value is -2.26. The third kappa shape index (κ3) is 1.85. The summed E-state index contributed by atoms with van der Waals surface area (Å²) in [6, 6.07) is 18.9. The van der Waals surface area contributed by atoms with Crippen LogP contribution < -0.4 is 5.32 Å². The molecule has 18 heavy (non-hydrogen) atoms. The van der Waals surface area contributed by atoms with Gasteiger partial charge in [0, 0.05) is 17.3 Å². The van der Waals surface area contributed by atoms with Crippen molar-refractivity contribution in [1.29, 1.82) is 0 Å². The second kappa shape index (κ2) is 4.20. The summed E-state index contributed by atoms with van der Waals surface area (Å²) in [5.41, 5.74) is 1.60. The van der Waals surface area contributed by atoms with Gasteiger partial charge in [-0.3, -0.25) is 0 Å². The Morgan fingerprint density at radius 3 is 2.17 bits per heavy atom. The lowest BCUT2D eigenvalue weighted by Crippen LogP contribution is -2.37. The minimum absolute atomic E-state index is 0.627. The number of nitrogens with one attached hydrogen (secondary N) is 1. The van der Waals surface area contributed by atoms with Gasteiger partial charge in [-0.15, -0.1) is 0 Å². The molecule has 0 aliphatic carbocycles. The number of ether oxygens (including phenoxy) is 1. The van der Waals surface area contributed by atoms with Crippen LogP contribution in [0.5, 0.6) is 0 Å². The van der Waals surface area contributed by atoms with Crippen molar-refractivity contribution in [1.82, 2.24) is 5.32 Å². The molecule has 0 bridgehead atoms. The van der Waals surface area contributed by atoms with E-state index in [1.165, 1.54) is 0 Å². The molecule has 0 radical (unpaired) electrons. The van der Waals surface area contributed by atoms with E-state index in [-0.39, 0.29) is 0 Å². The standard InChI is InChI=1S/C15H13NO2/c17-15(13-9-5-2-6-10-13)16-11-14(18-15)12-7-3-1-4-8-12/h1-11,16-17H. The molecule has 0 fully saturated rings. The molecule has 2 aromatic rings. The van der Waals surface area contributed by atoms with E-state index in [2.05, 4.69) is 5.32 Å². The maximum absolute atomic E-state index is 10.4. The summed E-state index contributed by atoms with van der Waals surface area (Å²) < 4.78 is 5.63. The van der Waals surface area contributed by atoms with Crippen LogP contribution in [0.2, 0.25) is 0 Å². The number of benzene rings is 2. The van der Waals surface area contributed by atoms with Gasteiger partial charge in [0.15, 0.2) is 0 Å². The largest absolute Gasteiger partial charge is 0.438 e. The fourth-order valence-electron chi connectivity index (χ4n) is 1.93. The van der Waals surface area contributed by atoms with Gasteiger partial charge in [-0.25, -0.2) is 0 Å². The lowest BCUT2D eigenvalue weighted by molar-refractivity contribution is -0.168. The van der Waals surface area contributed by atoms with Gasteiger partial charge in [-0.05, 0) is 0 Å². The van der Waals surface area contributed by atoms with Gasteiger partial charge in [0.2, 0.25) is 0 Å². The highest BCUT2D eigenvalue weighted by atomic mass is 16.7. The van der Waals surface area contributed by atoms with E-state index in [1.807, 2.05) is 60.7 Å². The van der Waals surface area contributed by atoms with Crippen molar-refractivity contribution in [2.24, 2.45) is 0 Å². The summed E-state index contributed by atoms with van der Waals surface area (Å²) in [5.74, 6) is -0.853. The van der Waals surface area contributed by atoms with E-state index in [0.29, 0.717) is 11.3 Å². The van der Waals surface area contributed by atoms with Crippen molar-refractivity contribution in [3.05, 3.63) is 78.0 Å². The monoisotopic (exact) mass is 239 g/mol. The first-order chi connectivity index (χ1) is 8.78. The van der Waals surface area contributed by atoms with Gasteiger partial charge in [0.1, 0.15) is 5.76 Å². The molecule has 2 aromatic carbocycles. The van der Waals surface area contributed by atoms with Gasteiger partial charge in [0.25, 0.3) is 0 Å². The third-order valence-corrected chi connectivity index (χ3v) is 2.88. The molecule has 1 unspecified atom stereocenters. The van der Waals surface area contributed by atoms with Crippen molar-refractivity contribution in [3.63, 3.8) is 0 Å². The lowest BCUT2D eigenvalue weighted by atomic mass is 10.1. The van der Waals surface area contributed by atoms with Gasteiger partial charge in [-0.1, -0.05) is 60.7 Å². The Bertz CT molecular complexity index is 566. The number of hydrogen-bond acceptors (Lipinski definition) is 3. The molecule has 2 N–H and O–H groups in total. The van der Waals surface area contributed by atoms with Crippen LogP contribution in [0.3, 0.4) is 0 Å². The van der Waals surface area contributed by atoms with Gasteiger partial charge in [0.05, 0.1) is 0 Å². The average Bonchev–Trinajstić information content (AvgIpc) is 2.85. The molecule has 90 valence electrons. The number of aliphatic hydroxyl groups is 1. The maximum Gasteiger partial charge on any atom is 0.318 e. The molecule has 1 atom stereocenters. The van der Waals surface area contributed by atoms with Gasteiger partial charge < -0.3 is 15.2 Å². The van der Waals surface area contributed by atoms with Crippen molar-refractivity contribution in [2.45, 2.75) is 5.91 Å². The molecular formula is C15H13NO2. The topological polar surface area (TPSA) is 41.5 Å². The minimum atomic E-state index is -1.48. The number of hydrogen-bond donors (Lipinski definition) is 2. The summed E-state index contributed by atoms with van der Waals surface area (Å²) in [5, 5.41) is 13.3. The van der Waals surface area contributed by atoms with Crippen molar-refractivity contribution < 1.29 is 9.84 Å². The predicted octanol–water partition coefficient (Wildman–Crippen LogP) is 2.41. The highest BCUT2D eigenvalue weighted by Gasteiger charge is 2.36. The SMILES string of the molecule is OC1(c2ccccc2)NC=C(c2ccccc2)O1. The summed E-state index contributed by atoms with van der Waals surface area (Å²) in [4.78, 5) is 0. The van der Waals surface area contributed by atoms with Crippen molar-refractivity contribution >= 4 is 5.76 Å². The molecule has 1 aliphatic heterocycles. The zero-order valence-corrected chi connectivity index (χ0v) is 9.71. The summed E-state index contributed by atoms with van der Waals surface area (Å²) in [6.45, 7) is 0. The Morgan fingerprint density at radius 2 is 1.50 bits per heavy atom. The Balaban J connectivity index is 1.86. The molecule has 0 aromatic heterocycles. The highest BCUT2D eigenvalue weighted by molar-refractivity contribution is 5.61. The smallest absolute Gasteiger partial charge is 0.318 e. The average molecular weight is 239 g/mol. The van der Waals surface area contributed by atoms with Gasteiger partial charge in [-0.2, -0.15) is 0 Å². The normalized spacial score (nSPS) is 21.9. The first-order valence-corrected chi connectivity index (χ1v) is 5.78. The molecule has 0 spiro atoms.